The molecule has 0 unspecified atom stereocenters. The van der Waals surface area contributed by atoms with Crippen molar-refractivity contribution >= 4 is 35.3 Å². The molecule has 5 rings (SSSR count). The summed E-state index contributed by atoms with van der Waals surface area (Å²) in [4.78, 5) is 54.6. The molecule has 242 valence electrons. The Labute approximate surface area is 276 Å². The van der Waals surface area contributed by atoms with Gasteiger partial charge in [0, 0.05) is 7.05 Å². The van der Waals surface area contributed by atoms with Gasteiger partial charge < -0.3 is 14.8 Å². The number of carbonyl (C=O) groups is 4. The summed E-state index contributed by atoms with van der Waals surface area (Å²) in [6.07, 6.45) is -1.87. The molecule has 0 saturated carbocycles. The number of nitrogens with one attached hydrogen (secondary N) is 1. The van der Waals surface area contributed by atoms with Crippen molar-refractivity contribution in [3.05, 3.63) is 119 Å². The molecule has 4 aromatic rings. The average molecular weight is 655 g/mol. The van der Waals surface area contributed by atoms with Crippen molar-refractivity contribution in [1.29, 1.82) is 0 Å². The van der Waals surface area contributed by atoms with Crippen molar-refractivity contribution in [3.63, 3.8) is 0 Å². The lowest BCUT2D eigenvalue weighted by Crippen LogP contribution is -2.72. The number of tetrazole rings is 1. The van der Waals surface area contributed by atoms with E-state index in [1.54, 1.807) is 33.0 Å². The summed E-state index contributed by atoms with van der Waals surface area (Å²) < 4.78 is 13.5. The maximum atomic E-state index is 13.9. The van der Waals surface area contributed by atoms with Crippen LogP contribution in [-0.2, 0) is 42.1 Å². The molecule has 2 amide bonds. The van der Waals surface area contributed by atoms with Gasteiger partial charge in [-0.15, -0.1) is 5.10 Å². The number of ketones is 1. The van der Waals surface area contributed by atoms with Crippen LogP contribution in [0.5, 0.6) is 0 Å². The number of rotatable bonds is 14. The molecule has 1 aliphatic heterocycles. The smallest absolute Gasteiger partial charge is 0.356 e. The number of hydrogen-bond acceptors (Lipinski definition) is 10. The Morgan fingerprint density at radius 3 is 2.06 bits per heavy atom. The fraction of sp³-hybridized carbons (Fsp3) is 0.265. The van der Waals surface area contributed by atoms with Gasteiger partial charge in [0.05, 0.1) is 12.2 Å². The number of β-lactam (4-membered cyclic amide) rings is 1. The van der Waals surface area contributed by atoms with E-state index in [1.807, 2.05) is 78.9 Å². The van der Waals surface area contributed by atoms with Crippen LogP contribution in [0.3, 0.4) is 0 Å². The predicted molar refractivity (Wildman–Crippen MR) is 172 cm³/mol. The molecule has 12 nitrogen and oxygen atoms in total. The number of amides is 2. The van der Waals surface area contributed by atoms with E-state index >= 15 is 0 Å². The van der Waals surface area contributed by atoms with Gasteiger partial charge in [0.15, 0.2) is 24.2 Å². The Hall–Kier alpha value is -5.14. The molecule has 0 bridgehead atoms. The standard InChI is InChI=1S/C34H34N6O6S/c1-22(2)29(33(44)46-30(24-15-9-5-10-16-24)25-17-11-6-12-18-25)40-31(43)28(35-27(42)19-23-13-7-4-8-14-23)32(40)45-20-26(41)21-47-34-36-37-38-39(34)3/h4-18,28,30,32H,19-21H2,1-3H3,(H,35,42)/t28-,32+/m0/s1. The fourth-order valence-corrected chi connectivity index (χ4v) is 5.70. The highest BCUT2D eigenvalue weighted by Crippen LogP contribution is 2.33. The van der Waals surface area contributed by atoms with Crippen LogP contribution in [0.1, 0.15) is 36.6 Å². The van der Waals surface area contributed by atoms with Crippen molar-refractivity contribution in [2.45, 2.75) is 43.8 Å². The zero-order valence-electron chi connectivity index (χ0n) is 26.1. The van der Waals surface area contributed by atoms with Gasteiger partial charge in [-0.2, -0.15) is 0 Å². The molecule has 13 heteroatoms. The number of nitrogens with zero attached hydrogens (tertiary/aromatic N) is 5. The minimum absolute atomic E-state index is 0.00723. The van der Waals surface area contributed by atoms with Crippen molar-refractivity contribution in [2.24, 2.45) is 7.05 Å². The van der Waals surface area contributed by atoms with Gasteiger partial charge in [-0.1, -0.05) is 103 Å². The molecule has 1 N–H and O–H groups in total. The van der Waals surface area contributed by atoms with Crippen molar-refractivity contribution in [1.82, 2.24) is 30.4 Å². The quantitative estimate of drug-likeness (QED) is 0.0929. The van der Waals surface area contributed by atoms with Gasteiger partial charge in [0.1, 0.15) is 12.3 Å². The lowest BCUT2D eigenvalue weighted by molar-refractivity contribution is -0.183. The van der Waals surface area contributed by atoms with Crippen LogP contribution < -0.4 is 5.32 Å². The maximum Gasteiger partial charge on any atom is 0.356 e. The molecule has 2 atom stereocenters. The summed E-state index contributed by atoms with van der Waals surface area (Å²) >= 11 is 1.14. The van der Waals surface area contributed by atoms with E-state index in [0.29, 0.717) is 10.7 Å². The van der Waals surface area contributed by atoms with Gasteiger partial charge in [-0.25, -0.2) is 9.48 Å². The van der Waals surface area contributed by atoms with E-state index in [-0.39, 0.29) is 30.3 Å². The topological polar surface area (TPSA) is 146 Å². The third-order valence-corrected chi connectivity index (χ3v) is 8.33. The molecular formula is C34H34N6O6S. The van der Waals surface area contributed by atoms with Crippen LogP contribution in [0.2, 0.25) is 0 Å². The highest BCUT2D eigenvalue weighted by Gasteiger charge is 2.53. The first-order chi connectivity index (χ1) is 22.7. The number of likely N-dealkylation sites (tertiary alicyclic amines) is 1. The Balaban J connectivity index is 1.36. The van der Waals surface area contributed by atoms with Crippen LogP contribution in [0.4, 0.5) is 0 Å². The number of carbonyl (C=O) groups excluding carboxylic acids is 4. The Morgan fingerprint density at radius 1 is 0.915 bits per heavy atom. The number of aryl methyl sites for hydroxylation is 1. The number of allylic oxidation sites excluding steroid dienone is 1. The van der Waals surface area contributed by atoms with Gasteiger partial charge in [0.2, 0.25) is 11.1 Å². The second kappa shape index (κ2) is 15.4. The molecule has 47 heavy (non-hydrogen) atoms. The molecule has 0 aliphatic carbocycles. The molecular weight excluding hydrogens is 620 g/mol. The van der Waals surface area contributed by atoms with Crippen molar-refractivity contribution in [3.8, 4) is 0 Å². The molecule has 2 heterocycles. The molecule has 1 aliphatic rings. The van der Waals surface area contributed by atoms with E-state index in [2.05, 4.69) is 20.8 Å². The van der Waals surface area contributed by atoms with Crippen LogP contribution in [-0.4, -0.2) is 73.3 Å². The highest BCUT2D eigenvalue weighted by atomic mass is 32.2. The number of hydrogen-bond donors (Lipinski definition) is 1. The lowest BCUT2D eigenvalue weighted by Gasteiger charge is -2.47. The summed E-state index contributed by atoms with van der Waals surface area (Å²) in [6.45, 7) is 2.97. The van der Waals surface area contributed by atoms with Gasteiger partial charge in [-0.05, 0) is 46.5 Å². The van der Waals surface area contributed by atoms with E-state index in [9.17, 15) is 19.2 Å². The number of ether oxygens (including phenoxy) is 2. The van der Waals surface area contributed by atoms with E-state index in [4.69, 9.17) is 9.47 Å². The van der Waals surface area contributed by atoms with Crippen LogP contribution in [0, 0.1) is 0 Å². The number of Topliss-reactive ketones (excluding diaryl/α,β-unsaturated/α-hetero) is 1. The average Bonchev–Trinajstić information content (AvgIpc) is 3.50. The normalized spacial score (nSPS) is 15.6. The predicted octanol–water partition coefficient (Wildman–Crippen LogP) is 3.41. The monoisotopic (exact) mass is 654 g/mol. The summed E-state index contributed by atoms with van der Waals surface area (Å²) in [5.41, 5.74) is 2.71. The third kappa shape index (κ3) is 8.18. The Kier molecular flexibility index (Phi) is 10.9. The minimum Gasteiger partial charge on any atom is -0.448 e. The molecule has 1 saturated heterocycles. The summed E-state index contributed by atoms with van der Waals surface area (Å²) in [7, 11) is 1.66. The number of aromatic nitrogens is 4. The van der Waals surface area contributed by atoms with Crippen LogP contribution >= 0.6 is 11.8 Å². The van der Waals surface area contributed by atoms with E-state index in [0.717, 1.165) is 33.4 Å². The summed E-state index contributed by atoms with van der Waals surface area (Å²) in [5, 5.41) is 14.3. The minimum atomic E-state index is -1.14. The number of esters is 1. The van der Waals surface area contributed by atoms with E-state index in [1.165, 1.54) is 4.68 Å². The number of benzene rings is 3. The number of thioether (sulfide) groups is 1. The second-order valence-electron chi connectivity index (χ2n) is 11.0. The fourth-order valence-electron chi connectivity index (χ4n) is 5.01. The highest BCUT2D eigenvalue weighted by molar-refractivity contribution is 7.99. The first kappa shape index (κ1) is 33.2. The SMILES string of the molecule is CC(C)=C(C(=O)OC(c1ccccc1)c1ccccc1)N1C(=O)[C@H](NC(=O)Cc2ccccc2)[C@H]1OCC(=O)CSc1nnnn1C. The Morgan fingerprint density at radius 2 is 1.51 bits per heavy atom. The first-order valence-corrected chi connectivity index (χ1v) is 15.8. The zero-order valence-corrected chi connectivity index (χ0v) is 26.9. The van der Waals surface area contributed by atoms with E-state index < -0.39 is 36.2 Å². The van der Waals surface area contributed by atoms with Crippen LogP contribution in [0.15, 0.2) is 107 Å². The van der Waals surface area contributed by atoms with Crippen molar-refractivity contribution < 1.29 is 28.7 Å². The van der Waals surface area contributed by atoms with Gasteiger partial charge in [-0.3, -0.25) is 19.3 Å². The molecule has 0 spiro atoms. The maximum absolute atomic E-state index is 13.9. The van der Waals surface area contributed by atoms with Gasteiger partial charge >= 0.3 is 5.97 Å². The Bertz CT molecular complexity index is 1700. The second-order valence-corrected chi connectivity index (χ2v) is 11.9. The lowest BCUT2D eigenvalue weighted by atomic mass is 9.99. The molecule has 1 fully saturated rings. The summed E-state index contributed by atoms with van der Waals surface area (Å²) in [5.74, 6) is -2.02. The third-order valence-electron chi connectivity index (χ3n) is 7.26. The first-order valence-electron chi connectivity index (χ1n) is 14.9. The van der Waals surface area contributed by atoms with Crippen molar-refractivity contribution in [2.75, 3.05) is 12.4 Å². The van der Waals surface area contributed by atoms with Gasteiger partial charge in [0.25, 0.3) is 5.91 Å². The van der Waals surface area contributed by atoms with Crippen LogP contribution in [0.25, 0.3) is 0 Å². The summed E-state index contributed by atoms with van der Waals surface area (Å²) in [6, 6.07) is 26.5. The largest absolute Gasteiger partial charge is 0.448 e. The zero-order chi connectivity index (χ0) is 33.3. The molecule has 1 aromatic heterocycles. The molecule has 3 aromatic carbocycles. The molecule has 0 radical (unpaired) electrons.